The normalized spacial score (nSPS) is 13.6. The summed E-state index contributed by atoms with van der Waals surface area (Å²) in [4.78, 5) is 9.56. The van der Waals surface area contributed by atoms with Gasteiger partial charge in [0.25, 0.3) is 0 Å². The fourth-order valence-electron chi connectivity index (χ4n) is 8.51. The summed E-state index contributed by atoms with van der Waals surface area (Å²) in [6.45, 7) is 22.7. The fraction of sp³-hybridized carbons (Fsp3) is 0.214. The Morgan fingerprint density at radius 1 is 0.516 bits per heavy atom. The van der Waals surface area contributed by atoms with Gasteiger partial charge in [-0.15, -0.1) is 48.1 Å². The van der Waals surface area contributed by atoms with Gasteiger partial charge in [0.1, 0.15) is 5.82 Å². The summed E-state index contributed by atoms with van der Waals surface area (Å²) < 4.78 is 8.93. The van der Waals surface area contributed by atoms with Crippen LogP contribution in [-0.2, 0) is 26.5 Å². The number of ether oxygens (including phenoxy) is 1. The van der Waals surface area contributed by atoms with Crippen molar-refractivity contribution in [2.75, 3.05) is 9.80 Å². The first-order chi connectivity index (χ1) is 29.1. The van der Waals surface area contributed by atoms with Crippen LogP contribution in [-0.4, -0.2) is 9.55 Å². The second-order valence-corrected chi connectivity index (χ2v) is 19.1. The van der Waals surface area contributed by atoms with Gasteiger partial charge in [-0.05, 0) is 69.0 Å². The first-order valence-electron chi connectivity index (χ1n) is 21.2. The summed E-state index contributed by atoms with van der Waals surface area (Å²) in [5.41, 5.74) is 12.0. The second kappa shape index (κ2) is 16.4. The molecule has 1 aliphatic rings. The van der Waals surface area contributed by atoms with Crippen molar-refractivity contribution in [2.45, 2.75) is 67.7 Å². The Morgan fingerprint density at radius 2 is 1.11 bits per heavy atom. The van der Waals surface area contributed by atoms with Gasteiger partial charge >= 0.3 is 0 Å². The van der Waals surface area contributed by atoms with Crippen molar-refractivity contribution in [1.82, 2.24) is 9.55 Å². The number of nitrogens with zero attached hydrogens (tertiary/aromatic N) is 4. The zero-order valence-electron chi connectivity index (χ0n) is 37.0. The molecule has 2 aromatic heterocycles. The predicted molar refractivity (Wildman–Crippen MR) is 254 cm³/mol. The summed E-state index contributed by atoms with van der Waals surface area (Å²) in [5.74, 6) is 2.06. The molecule has 0 fully saturated rings. The molecule has 0 aliphatic carbocycles. The molecule has 62 heavy (non-hydrogen) atoms. The van der Waals surface area contributed by atoms with E-state index >= 15 is 0 Å². The SMILES string of the molecule is CC(C)(C)C1=C(C(C)(C)C)N(c2ccc(-c3ccccc3)cc2)[CH-]N1c1[c-]c(Oc2[c-]c3c(cc2)c2cc(-c4ccccc4)ccc2n3-c2cc(C(C)(C)C)ccn2)ccc1.[Pt]. The van der Waals surface area contributed by atoms with E-state index in [1.165, 1.54) is 33.6 Å². The van der Waals surface area contributed by atoms with Crippen LogP contribution in [0.15, 0.2) is 163 Å². The van der Waals surface area contributed by atoms with E-state index in [2.05, 4.69) is 223 Å². The van der Waals surface area contributed by atoms with Gasteiger partial charge in [-0.25, -0.2) is 4.98 Å². The molecule has 9 rings (SSSR count). The number of hydrogen-bond acceptors (Lipinski definition) is 4. The van der Waals surface area contributed by atoms with E-state index in [4.69, 9.17) is 9.72 Å². The van der Waals surface area contributed by atoms with Crippen LogP contribution in [0.2, 0.25) is 0 Å². The quantitative estimate of drug-likeness (QED) is 0.149. The topological polar surface area (TPSA) is 33.5 Å². The number of allylic oxidation sites excluding steroid dienone is 2. The molecule has 316 valence electrons. The third-order valence-electron chi connectivity index (χ3n) is 11.4. The van der Waals surface area contributed by atoms with Crippen LogP contribution in [0.1, 0.15) is 67.9 Å². The number of pyridine rings is 1. The minimum atomic E-state index is -0.187. The van der Waals surface area contributed by atoms with Crippen molar-refractivity contribution in [3.05, 3.63) is 188 Å². The molecular formula is C56H53N4OPt-3. The molecule has 0 spiro atoms. The molecule has 0 amide bonds. The van der Waals surface area contributed by atoms with E-state index in [1.807, 2.05) is 24.4 Å². The first-order valence-corrected chi connectivity index (χ1v) is 21.2. The maximum absolute atomic E-state index is 6.71. The van der Waals surface area contributed by atoms with Crippen molar-refractivity contribution in [1.29, 1.82) is 0 Å². The van der Waals surface area contributed by atoms with E-state index in [9.17, 15) is 0 Å². The van der Waals surface area contributed by atoms with Gasteiger partial charge in [0, 0.05) is 72.2 Å². The number of hydrogen-bond donors (Lipinski definition) is 0. The van der Waals surface area contributed by atoms with Crippen molar-refractivity contribution in [3.63, 3.8) is 0 Å². The second-order valence-electron chi connectivity index (χ2n) is 19.1. The molecule has 0 bridgehead atoms. The van der Waals surface area contributed by atoms with Crippen LogP contribution >= 0.6 is 0 Å². The van der Waals surface area contributed by atoms with Crippen LogP contribution < -0.4 is 14.5 Å². The van der Waals surface area contributed by atoms with Crippen LogP contribution in [0.5, 0.6) is 11.5 Å². The maximum Gasteiger partial charge on any atom is 0.135 e. The summed E-state index contributed by atoms with van der Waals surface area (Å²) >= 11 is 0. The Labute approximate surface area is 382 Å². The summed E-state index contributed by atoms with van der Waals surface area (Å²) in [7, 11) is 0. The number of anilines is 2. The molecule has 6 heteroatoms. The summed E-state index contributed by atoms with van der Waals surface area (Å²) in [5, 5.41) is 2.22. The molecule has 5 nitrogen and oxygen atoms in total. The van der Waals surface area contributed by atoms with Crippen LogP contribution in [0, 0.1) is 29.6 Å². The average molecular weight is 993 g/mol. The minimum Gasteiger partial charge on any atom is -0.509 e. The van der Waals surface area contributed by atoms with Gasteiger partial charge in [-0.2, -0.15) is 12.1 Å². The molecule has 0 atom stereocenters. The monoisotopic (exact) mass is 992 g/mol. The Kier molecular flexibility index (Phi) is 11.3. The van der Waals surface area contributed by atoms with Gasteiger partial charge < -0.3 is 19.1 Å². The molecule has 0 saturated heterocycles. The predicted octanol–water partition coefficient (Wildman–Crippen LogP) is 15.0. The van der Waals surface area contributed by atoms with Crippen LogP contribution in [0.4, 0.5) is 11.4 Å². The van der Waals surface area contributed by atoms with Gasteiger partial charge in [0.15, 0.2) is 0 Å². The molecule has 1 aliphatic heterocycles. The number of fused-ring (bicyclic) bond motifs is 3. The minimum absolute atomic E-state index is 0. The van der Waals surface area contributed by atoms with Crippen LogP contribution in [0.3, 0.4) is 0 Å². The van der Waals surface area contributed by atoms with Gasteiger partial charge in [0.05, 0.1) is 0 Å². The third kappa shape index (κ3) is 8.23. The number of rotatable bonds is 7. The average Bonchev–Trinajstić information content (AvgIpc) is 3.82. The zero-order valence-corrected chi connectivity index (χ0v) is 39.3. The first kappa shape index (κ1) is 42.8. The Morgan fingerprint density at radius 3 is 1.76 bits per heavy atom. The van der Waals surface area contributed by atoms with E-state index < -0.39 is 0 Å². The standard InChI is InChI=1S/C56H53N4O.Pt/c1-54(2,3)42-31-32-57-51(34-42)60-49-30-25-41(39-19-14-11-15-20-39)33-48(49)47-29-28-46(36-50(47)60)61-45-22-16-21-44(35-45)59-37-58(52(55(4,5)6)53(59)56(7,8)9)43-26-23-40(24-27-43)38-17-12-10-13-18-38;/h10-34,37H,1-9H3;/q-3;. The Bertz CT molecular complexity index is 2910. The molecule has 8 aromatic rings. The molecule has 0 saturated carbocycles. The molecule has 0 radical (unpaired) electrons. The number of benzene rings is 6. The van der Waals surface area contributed by atoms with Crippen molar-refractivity contribution in [3.8, 4) is 39.6 Å². The largest absolute Gasteiger partial charge is 0.509 e. The Balaban J connectivity index is 0.00000529. The van der Waals surface area contributed by atoms with E-state index in [-0.39, 0.29) is 37.3 Å². The van der Waals surface area contributed by atoms with Crippen LogP contribution in [0.25, 0.3) is 49.9 Å². The molecular weight excluding hydrogens is 940 g/mol. The molecule has 0 N–H and O–H groups in total. The molecule has 6 aromatic carbocycles. The molecule has 0 unspecified atom stereocenters. The van der Waals surface area contributed by atoms with Crippen molar-refractivity contribution >= 4 is 33.2 Å². The third-order valence-corrected chi connectivity index (χ3v) is 11.4. The van der Waals surface area contributed by atoms with E-state index in [0.717, 1.165) is 44.6 Å². The van der Waals surface area contributed by atoms with Crippen molar-refractivity contribution in [2.24, 2.45) is 10.8 Å². The summed E-state index contributed by atoms with van der Waals surface area (Å²) in [6.07, 6.45) is 1.91. The fourth-order valence-corrected chi connectivity index (χ4v) is 8.51. The van der Waals surface area contributed by atoms with E-state index in [0.29, 0.717) is 11.5 Å². The molecule has 3 heterocycles. The smallest absolute Gasteiger partial charge is 0.135 e. The maximum atomic E-state index is 6.71. The van der Waals surface area contributed by atoms with Gasteiger partial charge in [0.2, 0.25) is 0 Å². The van der Waals surface area contributed by atoms with E-state index in [1.54, 1.807) is 0 Å². The number of aromatic nitrogens is 2. The van der Waals surface area contributed by atoms with Gasteiger partial charge in [-0.1, -0.05) is 153 Å². The Hall–Kier alpha value is -5.90. The van der Waals surface area contributed by atoms with Crippen molar-refractivity contribution < 1.29 is 25.8 Å². The summed E-state index contributed by atoms with van der Waals surface area (Å²) in [6, 6.07) is 58.6. The van der Waals surface area contributed by atoms with Gasteiger partial charge in [-0.3, -0.25) is 0 Å². The zero-order chi connectivity index (χ0) is 42.7.